The summed E-state index contributed by atoms with van der Waals surface area (Å²) in [5.74, 6) is 0. The third-order valence-corrected chi connectivity index (χ3v) is 6.20. The summed E-state index contributed by atoms with van der Waals surface area (Å²) < 4.78 is 5.29. The van der Waals surface area contributed by atoms with Gasteiger partial charge in [-0.1, -0.05) is 13.3 Å². The van der Waals surface area contributed by atoms with Crippen LogP contribution in [0.4, 0.5) is 9.59 Å². The number of unbranched alkanes of at least 4 members (excludes halogenated alkanes) is 1. The first-order valence-corrected chi connectivity index (χ1v) is 8.99. The third kappa shape index (κ3) is 2.13. The minimum atomic E-state index is -0.264. The van der Waals surface area contributed by atoms with E-state index in [1.807, 2.05) is 9.80 Å². The van der Waals surface area contributed by atoms with Gasteiger partial charge in [-0.25, -0.2) is 9.59 Å². The van der Waals surface area contributed by atoms with Crippen LogP contribution in [0.3, 0.4) is 0 Å². The number of hydrogen-bond acceptors (Lipinski definition) is 4. The molecule has 24 heavy (non-hydrogen) atoms. The lowest BCUT2D eigenvalue weighted by Gasteiger charge is -2.70. The number of carbonyl (C=O) groups is 3. The summed E-state index contributed by atoms with van der Waals surface area (Å²) in [6, 6.07) is 0.129. The maximum absolute atomic E-state index is 12.7. The van der Waals surface area contributed by atoms with E-state index < -0.39 is 0 Å². The van der Waals surface area contributed by atoms with Crippen molar-refractivity contribution in [2.24, 2.45) is 5.41 Å². The SMILES string of the molecule is CCCCOC(=O)N1CCN2C(=O)N(C34CC(C=O)(C3)C4)C[C@@H]2C1. The standard InChI is InChI=1S/C17H25N3O4/c1-2-3-6-24-15(23)18-4-5-19-13(7-18)8-20(14(19)22)17-9-16(10-17,11-17)12-21/h12-13H,2-11H2,1H3/t13-,16?,17?/m0/s1. The van der Waals surface area contributed by atoms with E-state index in [1.165, 1.54) is 0 Å². The molecule has 5 fully saturated rings. The topological polar surface area (TPSA) is 70.2 Å². The Labute approximate surface area is 141 Å². The highest BCUT2D eigenvalue weighted by Crippen LogP contribution is 2.69. The molecular weight excluding hydrogens is 310 g/mol. The fourth-order valence-electron chi connectivity index (χ4n) is 4.89. The second-order valence-corrected chi connectivity index (χ2v) is 7.89. The highest BCUT2D eigenvalue weighted by Gasteiger charge is 2.72. The highest BCUT2D eigenvalue weighted by atomic mass is 16.6. The number of rotatable bonds is 5. The zero-order valence-electron chi connectivity index (χ0n) is 14.2. The predicted molar refractivity (Wildman–Crippen MR) is 85.5 cm³/mol. The molecule has 132 valence electrons. The van der Waals surface area contributed by atoms with Gasteiger partial charge in [0.15, 0.2) is 0 Å². The number of piperazine rings is 1. The van der Waals surface area contributed by atoms with Gasteiger partial charge in [0.1, 0.15) is 6.29 Å². The zero-order valence-corrected chi connectivity index (χ0v) is 14.2. The molecule has 7 nitrogen and oxygen atoms in total. The molecular formula is C17H25N3O4. The van der Waals surface area contributed by atoms with Gasteiger partial charge in [-0.05, 0) is 25.7 Å². The Hall–Kier alpha value is -1.79. The average Bonchev–Trinajstić information content (AvgIpc) is 2.82. The van der Waals surface area contributed by atoms with Gasteiger partial charge in [0.05, 0.1) is 12.6 Å². The maximum Gasteiger partial charge on any atom is 0.409 e. The molecule has 0 unspecified atom stereocenters. The lowest BCUT2D eigenvalue weighted by molar-refractivity contribution is -0.192. The van der Waals surface area contributed by atoms with Crippen molar-refractivity contribution in [2.45, 2.75) is 50.6 Å². The summed E-state index contributed by atoms with van der Waals surface area (Å²) in [5, 5.41) is 0. The molecule has 2 heterocycles. The fourth-order valence-corrected chi connectivity index (χ4v) is 4.89. The number of nitrogens with zero attached hydrogens (tertiary/aromatic N) is 3. The van der Waals surface area contributed by atoms with Crippen LogP contribution >= 0.6 is 0 Å². The van der Waals surface area contributed by atoms with Crippen molar-refractivity contribution in [3.05, 3.63) is 0 Å². The largest absolute Gasteiger partial charge is 0.449 e. The van der Waals surface area contributed by atoms with Gasteiger partial charge in [-0.15, -0.1) is 0 Å². The second-order valence-electron chi connectivity index (χ2n) is 7.89. The lowest BCUT2D eigenvalue weighted by Crippen LogP contribution is -2.75. The van der Waals surface area contributed by atoms with E-state index >= 15 is 0 Å². The van der Waals surface area contributed by atoms with E-state index in [-0.39, 0.29) is 29.1 Å². The van der Waals surface area contributed by atoms with Crippen LogP contribution in [0.2, 0.25) is 0 Å². The van der Waals surface area contributed by atoms with Gasteiger partial charge in [0.2, 0.25) is 0 Å². The van der Waals surface area contributed by atoms with Gasteiger partial charge in [-0.2, -0.15) is 0 Å². The van der Waals surface area contributed by atoms with Gasteiger partial charge in [0, 0.05) is 37.1 Å². The van der Waals surface area contributed by atoms with Crippen molar-refractivity contribution in [2.75, 3.05) is 32.8 Å². The Morgan fingerprint density at radius 2 is 2.04 bits per heavy atom. The Balaban J connectivity index is 1.35. The van der Waals surface area contributed by atoms with Gasteiger partial charge in [-0.3, -0.25) is 0 Å². The molecule has 0 aromatic rings. The Kier molecular flexibility index (Phi) is 3.51. The number of fused-ring (bicyclic) bond motifs is 1. The molecule has 7 heteroatoms. The molecule has 3 saturated carbocycles. The molecule has 0 aromatic heterocycles. The van der Waals surface area contributed by atoms with Gasteiger partial charge >= 0.3 is 12.1 Å². The van der Waals surface area contributed by atoms with Crippen LogP contribution in [0.25, 0.3) is 0 Å². The molecule has 0 aromatic carbocycles. The van der Waals surface area contributed by atoms with E-state index in [0.29, 0.717) is 32.8 Å². The third-order valence-electron chi connectivity index (χ3n) is 6.20. The summed E-state index contributed by atoms with van der Waals surface area (Å²) in [5.41, 5.74) is -0.222. The van der Waals surface area contributed by atoms with Crippen molar-refractivity contribution >= 4 is 18.4 Å². The monoisotopic (exact) mass is 335 g/mol. The van der Waals surface area contributed by atoms with E-state index in [1.54, 1.807) is 4.90 Å². The van der Waals surface area contributed by atoms with E-state index in [0.717, 1.165) is 38.4 Å². The number of amides is 3. The van der Waals surface area contributed by atoms with Crippen molar-refractivity contribution in [3.63, 3.8) is 0 Å². The van der Waals surface area contributed by atoms with Gasteiger partial charge in [0.25, 0.3) is 0 Å². The summed E-state index contributed by atoms with van der Waals surface area (Å²) >= 11 is 0. The van der Waals surface area contributed by atoms with Crippen LogP contribution in [0.15, 0.2) is 0 Å². The summed E-state index contributed by atoms with van der Waals surface area (Å²) in [6.45, 7) is 4.83. The van der Waals surface area contributed by atoms with Gasteiger partial charge < -0.3 is 24.2 Å². The molecule has 1 atom stereocenters. The average molecular weight is 335 g/mol. The van der Waals surface area contributed by atoms with Crippen LogP contribution in [0, 0.1) is 5.41 Å². The van der Waals surface area contributed by atoms with Crippen molar-refractivity contribution in [1.29, 1.82) is 0 Å². The number of hydrogen-bond donors (Lipinski definition) is 0. The summed E-state index contributed by atoms with van der Waals surface area (Å²) in [6.07, 6.45) is 5.13. The molecule has 2 aliphatic heterocycles. The molecule has 0 spiro atoms. The molecule has 3 aliphatic carbocycles. The molecule has 2 saturated heterocycles. The van der Waals surface area contributed by atoms with Crippen molar-refractivity contribution < 1.29 is 19.1 Å². The fraction of sp³-hybridized carbons (Fsp3) is 0.824. The normalized spacial score (nSPS) is 36.8. The second kappa shape index (κ2) is 5.36. The number of urea groups is 1. The van der Waals surface area contributed by atoms with Crippen molar-refractivity contribution in [1.82, 2.24) is 14.7 Å². The minimum Gasteiger partial charge on any atom is -0.449 e. The number of ether oxygens (including phenoxy) is 1. The molecule has 5 aliphatic rings. The highest BCUT2D eigenvalue weighted by molar-refractivity contribution is 5.81. The Bertz CT molecular complexity index is 558. The smallest absolute Gasteiger partial charge is 0.409 e. The molecule has 0 radical (unpaired) electrons. The molecule has 3 amide bonds. The quantitative estimate of drug-likeness (QED) is 0.563. The van der Waals surface area contributed by atoms with Crippen molar-refractivity contribution in [3.8, 4) is 0 Å². The Morgan fingerprint density at radius 1 is 1.29 bits per heavy atom. The van der Waals surface area contributed by atoms with Crippen LogP contribution in [-0.4, -0.2) is 77.5 Å². The van der Waals surface area contributed by atoms with Crippen LogP contribution in [0.5, 0.6) is 0 Å². The molecule has 2 bridgehead atoms. The lowest BCUT2D eigenvalue weighted by atomic mass is 9.39. The van der Waals surface area contributed by atoms with Crippen LogP contribution in [0.1, 0.15) is 39.0 Å². The molecule has 5 rings (SSSR count). The van der Waals surface area contributed by atoms with E-state index in [4.69, 9.17) is 4.74 Å². The summed E-state index contributed by atoms with van der Waals surface area (Å²) in [7, 11) is 0. The van der Waals surface area contributed by atoms with Crippen LogP contribution in [-0.2, 0) is 9.53 Å². The minimum absolute atomic E-state index is 0.0474. The summed E-state index contributed by atoms with van der Waals surface area (Å²) in [4.78, 5) is 41.5. The number of aldehydes is 1. The zero-order chi connectivity index (χ0) is 16.9. The first kappa shape index (κ1) is 15.7. The Morgan fingerprint density at radius 3 is 2.71 bits per heavy atom. The number of carbonyl (C=O) groups excluding carboxylic acids is 3. The maximum atomic E-state index is 12.7. The molecule has 0 N–H and O–H groups in total. The van der Waals surface area contributed by atoms with E-state index in [9.17, 15) is 14.4 Å². The van der Waals surface area contributed by atoms with Crippen LogP contribution < -0.4 is 0 Å². The first-order valence-electron chi connectivity index (χ1n) is 8.99. The van der Waals surface area contributed by atoms with E-state index in [2.05, 4.69) is 6.92 Å². The first-order chi connectivity index (χ1) is 11.5. The predicted octanol–water partition coefficient (Wildman–Crippen LogP) is 1.47.